The van der Waals surface area contributed by atoms with Crippen LogP contribution in [0.2, 0.25) is 0 Å². The molecule has 118 valence electrons. The highest BCUT2D eigenvalue weighted by molar-refractivity contribution is 5.32. The zero-order valence-corrected chi connectivity index (χ0v) is 14.3. The second kappa shape index (κ2) is 6.93. The first-order valence-electron chi connectivity index (χ1n) is 8.40. The van der Waals surface area contributed by atoms with Gasteiger partial charge in [0.25, 0.3) is 0 Å². The number of rotatable bonds is 5. The van der Waals surface area contributed by atoms with Gasteiger partial charge in [0.15, 0.2) is 0 Å². The van der Waals surface area contributed by atoms with Crippen LogP contribution in [-0.2, 0) is 4.74 Å². The quantitative estimate of drug-likeness (QED) is 0.858. The molecule has 0 heterocycles. The van der Waals surface area contributed by atoms with Crippen LogP contribution >= 0.6 is 0 Å². The van der Waals surface area contributed by atoms with E-state index in [1.54, 1.807) is 0 Å². The van der Waals surface area contributed by atoms with E-state index in [0.717, 1.165) is 25.4 Å². The molecule has 0 bridgehead atoms. The van der Waals surface area contributed by atoms with Crippen molar-refractivity contribution >= 4 is 0 Å². The lowest BCUT2D eigenvalue weighted by atomic mass is 9.72. The lowest BCUT2D eigenvalue weighted by Crippen LogP contribution is -2.48. The topological polar surface area (TPSA) is 21.3 Å². The Morgan fingerprint density at radius 2 is 1.95 bits per heavy atom. The van der Waals surface area contributed by atoms with E-state index in [1.807, 2.05) is 0 Å². The molecule has 0 radical (unpaired) electrons. The lowest BCUT2D eigenvalue weighted by Gasteiger charge is -2.45. The summed E-state index contributed by atoms with van der Waals surface area (Å²) in [4.78, 5) is 0. The molecule has 1 aliphatic carbocycles. The van der Waals surface area contributed by atoms with E-state index in [2.05, 4.69) is 58.3 Å². The molecule has 2 rings (SSSR count). The van der Waals surface area contributed by atoms with Gasteiger partial charge in [-0.3, -0.25) is 0 Å². The zero-order chi connectivity index (χ0) is 15.5. The van der Waals surface area contributed by atoms with Gasteiger partial charge in [0.2, 0.25) is 0 Å². The SMILES string of the molecule is CCOC1(C(NC)c2cc(C)cc(C)c2)CCCC(C)C1. The molecular formula is C19H31NO. The maximum absolute atomic E-state index is 6.37. The van der Waals surface area contributed by atoms with E-state index >= 15 is 0 Å². The molecule has 2 heteroatoms. The first kappa shape index (κ1) is 16.5. The molecule has 1 fully saturated rings. The molecule has 1 saturated carbocycles. The molecule has 1 aromatic carbocycles. The van der Waals surface area contributed by atoms with Crippen molar-refractivity contribution in [3.05, 3.63) is 34.9 Å². The summed E-state index contributed by atoms with van der Waals surface area (Å²) in [5, 5.41) is 3.56. The molecule has 0 spiro atoms. The van der Waals surface area contributed by atoms with Gasteiger partial charge >= 0.3 is 0 Å². The Kier molecular flexibility index (Phi) is 5.45. The minimum absolute atomic E-state index is 0.0542. The van der Waals surface area contributed by atoms with Crippen LogP contribution in [0.5, 0.6) is 0 Å². The third-order valence-corrected chi connectivity index (χ3v) is 4.81. The molecule has 0 saturated heterocycles. The van der Waals surface area contributed by atoms with Gasteiger partial charge in [0.1, 0.15) is 0 Å². The van der Waals surface area contributed by atoms with E-state index in [4.69, 9.17) is 4.74 Å². The Bertz CT molecular complexity index is 446. The average Bonchev–Trinajstić information content (AvgIpc) is 2.38. The Hall–Kier alpha value is -0.860. The van der Waals surface area contributed by atoms with Gasteiger partial charge in [-0.25, -0.2) is 0 Å². The monoisotopic (exact) mass is 289 g/mol. The summed E-state index contributed by atoms with van der Waals surface area (Å²) in [5.74, 6) is 0.743. The second-order valence-electron chi connectivity index (χ2n) is 6.84. The van der Waals surface area contributed by atoms with E-state index in [1.165, 1.54) is 29.5 Å². The van der Waals surface area contributed by atoms with Crippen LogP contribution in [0.15, 0.2) is 18.2 Å². The molecule has 1 aromatic rings. The van der Waals surface area contributed by atoms with E-state index in [9.17, 15) is 0 Å². The highest BCUT2D eigenvalue weighted by Crippen LogP contribution is 2.43. The normalized spacial score (nSPS) is 27.6. The van der Waals surface area contributed by atoms with Crippen LogP contribution in [0.3, 0.4) is 0 Å². The largest absolute Gasteiger partial charge is 0.373 e. The Morgan fingerprint density at radius 3 is 2.48 bits per heavy atom. The standard InChI is InChI=1S/C19H31NO/c1-6-21-19(9-7-8-14(2)13-19)18(20-5)17-11-15(3)10-16(4)12-17/h10-12,14,18,20H,6-9,13H2,1-5H3. The van der Waals surface area contributed by atoms with Crippen LogP contribution in [-0.4, -0.2) is 19.3 Å². The summed E-state index contributed by atoms with van der Waals surface area (Å²) < 4.78 is 6.37. The van der Waals surface area contributed by atoms with Gasteiger partial charge in [0.05, 0.1) is 11.6 Å². The van der Waals surface area contributed by atoms with Crippen molar-refractivity contribution < 1.29 is 4.74 Å². The van der Waals surface area contributed by atoms with Gasteiger partial charge in [-0.15, -0.1) is 0 Å². The molecule has 0 amide bonds. The Balaban J connectivity index is 2.39. The molecule has 2 nitrogen and oxygen atoms in total. The van der Waals surface area contributed by atoms with Crippen LogP contribution < -0.4 is 5.32 Å². The number of likely N-dealkylation sites (N-methyl/N-ethyl adjacent to an activating group) is 1. The van der Waals surface area contributed by atoms with E-state index in [-0.39, 0.29) is 11.6 Å². The fourth-order valence-electron chi connectivity index (χ4n) is 4.22. The summed E-state index contributed by atoms with van der Waals surface area (Å²) in [6.07, 6.45) is 4.91. The smallest absolute Gasteiger partial charge is 0.0878 e. The summed E-state index contributed by atoms with van der Waals surface area (Å²) >= 11 is 0. The second-order valence-corrected chi connectivity index (χ2v) is 6.84. The Morgan fingerprint density at radius 1 is 1.29 bits per heavy atom. The van der Waals surface area contributed by atoms with Crippen LogP contribution in [0.1, 0.15) is 62.3 Å². The minimum Gasteiger partial charge on any atom is -0.373 e. The number of hydrogen-bond donors (Lipinski definition) is 1. The van der Waals surface area contributed by atoms with Crippen molar-refractivity contribution in [3.63, 3.8) is 0 Å². The van der Waals surface area contributed by atoms with Gasteiger partial charge in [0, 0.05) is 6.61 Å². The van der Waals surface area contributed by atoms with Crippen molar-refractivity contribution in [2.24, 2.45) is 5.92 Å². The molecular weight excluding hydrogens is 258 g/mol. The first-order chi connectivity index (χ1) is 10.0. The maximum Gasteiger partial charge on any atom is 0.0878 e. The van der Waals surface area contributed by atoms with Crippen molar-refractivity contribution in [1.82, 2.24) is 5.32 Å². The predicted octanol–water partition coefficient (Wildman–Crippen LogP) is 4.55. The van der Waals surface area contributed by atoms with Crippen molar-refractivity contribution in [2.45, 2.75) is 65.0 Å². The third kappa shape index (κ3) is 3.67. The zero-order valence-electron chi connectivity index (χ0n) is 14.3. The highest BCUT2D eigenvalue weighted by Gasteiger charge is 2.42. The van der Waals surface area contributed by atoms with Crippen molar-refractivity contribution in [2.75, 3.05) is 13.7 Å². The molecule has 1 N–H and O–H groups in total. The number of ether oxygens (including phenoxy) is 1. The third-order valence-electron chi connectivity index (χ3n) is 4.81. The van der Waals surface area contributed by atoms with Crippen LogP contribution in [0.25, 0.3) is 0 Å². The summed E-state index contributed by atoms with van der Waals surface area (Å²) in [5.41, 5.74) is 3.99. The summed E-state index contributed by atoms with van der Waals surface area (Å²) in [6.45, 7) is 9.63. The van der Waals surface area contributed by atoms with Crippen molar-refractivity contribution in [3.8, 4) is 0 Å². The van der Waals surface area contributed by atoms with E-state index in [0.29, 0.717) is 0 Å². The molecule has 0 aromatic heterocycles. The van der Waals surface area contributed by atoms with E-state index < -0.39 is 0 Å². The molecule has 1 aliphatic rings. The number of aryl methyl sites for hydroxylation is 2. The predicted molar refractivity (Wildman–Crippen MR) is 89.7 cm³/mol. The van der Waals surface area contributed by atoms with Crippen LogP contribution in [0.4, 0.5) is 0 Å². The summed E-state index contributed by atoms with van der Waals surface area (Å²) in [7, 11) is 2.07. The van der Waals surface area contributed by atoms with Gasteiger partial charge < -0.3 is 10.1 Å². The van der Waals surface area contributed by atoms with Gasteiger partial charge in [-0.05, 0) is 52.1 Å². The van der Waals surface area contributed by atoms with Gasteiger partial charge in [-0.1, -0.05) is 49.1 Å². The summed E-state index contributed by atoms with van der Waals surface area (Å²) in [6, 6.07) is 7.15. The van der Waals surface area contributed by atoms with Gasteiger partial charge in [-0.2, -0.15) is 0 Å². The number of nitrogens with one attached hydrogen (secondary N) is 1. The maximum atomic E-state index is 6.37. The lowest BCUT2D eigenvalue weighted by molar-refractivity contribution is -0.100. The fraction of sp³-hybridized carbons (Fsp3) is 0.684. The van der Waals surface area contributed by atoms with Crippen LogP contribution in [0, 0.1) is 19.8 Å². The molecule has 3 unspecified atom stereocenters. The fourth-order valence-corrected chi connectivity index (χ4v) is 4.22. The van der Waals surface area contributed by atoms with Crippen molar-refractivity contribution in [1.29, 1.82) is 0 Å². The molecule has 21 heavy (non-hydrogen) atoms. The molecule has 0 aliphatic heterocycles. The Labute approximate surface area is 130 Å². The first-order valence-corrected chi connectivity index (χ1v) is 8.40. The highest BCUT2D eigenvalue weighted by atomic mass is 16.5. The minimum atomic E-state index is -0.0542. The number of hydrogen-bond acceptors (Lipinski definition) is 2. The average molecular weight is 289 g/mol. The number of benzene rings is 1. The molecule has 3 atom stereocenters.